The van der Waals surface area contributed by atoms with Gasteiger partial charge in [-0.15, -0.1) is 6.58 Å². The van der Waals surface area contributed by atoms with E-state index >= 15 is 0 Å². The van der Waals surface area contributed by atoms with E-state index in [2.05, 4.69) is 17.0 Å². The van der Waals surface area contributed by atoms with Gasteiger partial charge in [-0.25, -0.2) is 0 Å². The van der Waals surface area contributed by atoms with Crippen LogP contribution < -0.4 is 5.32 Å². The van der Waals surface area contributed by atoms with Crippen LogP contribution in [0.5, 0.6) is 0 Å². The van der Waals surface area contributed by atoms with E-state index in [9.17, 15) is 14.9 Å². The molecule has 0 aliphatic heterocycles. The van der Waals surface area contributed by atoms with Crippen molar-refractivity contribution >= 4 is 11.6 Å². The Morgan fingerprint density at radius 3 is 3.00 bits per heavy atom. The van der Waals surface area contributed by atoms with E-state index in [0.717, 1.165) is 6.20 Å². The van der Waals surface area contributed by atoms with Gasteiger partial charge in [0.1, 0.15) is 18.4 Å². The molecule has 0 aromatic carbocycles. The normalized spacial score (nSPS) is 9.81. The van der Waals surface area contributed by atoms with Gasteiger partial charge in [-0.2, -0.15) is 5.10 Å². The fraction of sp³-hybridized carbons (Fsp3) is 0.333. The van der Waals surface area contributed by atoms with Gasteiger partial charge in [-0.3, -0.25) is 19.6 Å². The van der Waals surface area contributed by atoms with Crippen LogP contribution in [0.4, 0.5) is 5.69 Å². The van der Waals surface area contributed by atoms with Crippen molar-refractivity contribution in [3.05, 3.63) is 34.7 Å². The average Bonchev–Trinajstić information content (AvgIpc) is 2.57. The molecule has 0 bridgehead atoms. The average molecular weight is 224 g/mol. The number of aromatic nitrogens is 2. The van der Waals surface area contributed by atoms with Gasteiger partial charge in [-0.1, -0.05) is 6.08 Å². The van der Waals surface area contributed by atoms with E-state index in [1.165, 1.54) is 4.68 Å². The number of amides is 1. The second-order valence-corrected chi connectivity index (χ2v) is 3.12. The van der Waals surface area contributed by atoms with Crippen LogP contribution in [-0.4, -0.2) is 27.2 Å². The van der Waals surface area contributed by atoms with Crippen molar-refractivity contribution in [2.24, 2.45) is 0 Å². The predicted molar refractivity (Wildman–Crippen MR) is 56.8 cm³/mol. The van der Waals surface area contributed by atoms with Crippen LogP contribution in [0, 0.1) is 17.0 Å². The monoisotopic (exact) mass is 224 g/mol. The first-order chi connectivity index (χ1) is 7.56. The van der Waals surface area contributed by atoms with Gasteiger partial charge in [0, 0.05) is 6.54 Å². The highest BCUT2D eigenvalue weighted by atomic mass is 16.6. The highest BCUT2D eigenvalue weighted by Crippen LogP contribution is 2.15. The zero-order chi connectivity index (χ0) is 12.1. The van der Waals surface area contributed by atoms with Crippen molar-refractivity contribution in [3.8, 4) is 0 Å². The summed E-state index contributed by atoms with van der Waals surface area (Å²) in [6, 6.07) is 0. The van der Waals surface area contributed by atoms with E-state index in [1.54, 1.807) is 13.0 Å². The van der Waals surface area contributed by atoms with E-state index in [-0.39, 0.29) is 18.1 Å². The first kappa shape index (κ1) is 11.9. The van der Waals surface area contributed by atoms with Gasteiger partial charge < -0.3 is 5.32 Å². The minimum Gasteiger partial charge on any atom is -0.351 e. The van der Waals surface area contributed by atoms with Crippen molar-refractivity contribution in [2.45, 2.75) is 13.5 Å². The molecule has 7 nitrogen and oxygen atoms in total. The molecule has 7 heteroatoms. The summed E-state index contributed by atoms with van der Waals surface area (Å²) in [4.78, 5) is 21.3. The molecule has 1 rings (SSSR count). The van der Waals surface area contributed by atoms with Crippen LogP contribution in [0.3, 0.4) is 0 Å². The molecule has 0 aliphatic rings. The standard InChI is InChI=1S/C9H12N4O3/c1-3-4-10-9(14)6-12-7(2)8(5-11-12)13(15)16/h3,5H,1,4,6H2,2H3,(H,10,14). The third-order valence-corrected chi connectivity index (χ3v) is 2.01. The largest absolute Gasteiger partial charge is 0.351 e. The maximum atomic E-state index is 11.3. The van der Waals surface area contributed by atoms with Crippen LogP contribution in [-0.2, 0) is 11.3 Å². The summed E-state index contributed by atoms with van der Waals surface area (Å²) in [5.41, 5.74) is 0.273. The number of nitrogens with zero attached hydrogens (tertiary/aromatic N) is 3. The van der Waals surface area contributed by atoms with Gasteiger partial charge in [-0.05, 0) is 6.92 Å². The van der Waals surface area contributed by atoms with Crippen molar-refractivity contribution in [2.75, 3.05) is 6.54 Å². The predicted octanol–water partition coefficient (Wildman–Crippen LogP) is 0.402. The zero-order valence-corrected chi connectivity index (χ0v) is 8.84. The minimum atomic E-state index is -0.527. The fourth-order valence-electron chi connectivity index (χ4n) is 1.15. The Morgan fingerprint density at radius 2 is 2.50 bits per heavy atom. The Labute approximate surface area is 91.9 Å². The fourth-order valence-corrected chi connectivity index (χ4v) is 1.15. The summed E-state index contributed by atoms with van der Waals surface area (Å²) in [5.74, 6) is -0.263. The second-order valence-electron chi connectivity index (χ2n) is 3.12. The quantitative estimate of drug-likeness (QED) is 0.445. The Balaban J connectivity index is 2.71. The molecule has 86 valence electrons. The molecule has 0 unspecified atom stereocenters. The number of nitro groups is 1. The first-order valence-electron chi connectivity index (χ1n) is 4.60. The van der Waals surface area contributed by atoms with Crippen LogP contribution in [0.2, 0.25) is 0 Å². The summed E-state index contributed by atoms with van der Waals surface area (Å²) in [7, 11) is 0. The molecule has 0 radical (unpaired) electrons. The summed E-state index contributed by atoms with van der Waals surface area (Å²) >= 11 is 0. The Kier molecular flexibility index (Phi) is 3.76. The molecular weight excluding hydrogens is 212 g/mol. The minimum absolute atomic E-state index is 0.0342. The highest BCUT2D eigenvalue weighted by Gasteiger charge is 2.17. The van der Waals surface area contributed by atoms with E-state index in [4.69, 9.17) is 0 Å². The third kappa shape index (κ3) is 2.66. The number of nitrogens with one attached hydrogen (secondary N) is 1. The number of carbonyl (C=O) groups is 1. The molecule has 0 atom stereocenters. The third-order valence-electron chi connectivity index (χ3n) is 2.01. The lowest BCUT2D eigenvalue weighted by Crippen LogP contribution is -2.28. The molecule has 1 heterocycles. The maximum Gasteiger partial charge on any atom is 0.309 e. The lowest BCUT2D eigenvalue weighted by atomic mass is 10.4. The van der Waals surface area contributed by atoms with Crippen LogP contribution >= 0.6 is 0 Å². The van der Waals surface area contributed by atoms with E-state index in [0.29, 0.717) is 12.2 Å². The summed E-state index contributed by atoms with van der Waals surface area (Å²) in [6.45, 7) is 5.33. The molecule has 1 aromatic heterocycles. The molecule has 0 aliphatic carbocycles. The molecular formula is C9H12N4O3. The van der Waals surface area contributed by atoms with Crippen molar-refractivity contribution < 1.29 is 9.72 Å². The molecule has 0 saturated carbocycles. The van der Waals surface area contributed by atoms with Crippen LogP contribution in [0.25, 0.3) is 0 Å². The zero-order valence-electron chi connectivity index (χ0n) is 8.84. The van der Waals surface area contributed by atoms with E-state index in [1.807, 2.05) is 0 Å². The number of carbonyl (C=O) groups excluding carboxylic acids is 1. The molecule has 0 spiro atoms. The molecule has 0 fully saturated rings. The van der Waals surface area contributed by atoms with Crippen molar-refractivity contribution in [1.29, 1.82) is 0 Å². The van der Waals surface area contributed by atoms with Gasteiger partial charge in [0.05, 0.1) is 4.92 Å². The molecule has 1 aromatic rings. The maximum absolute atomic E-state index is 11.3. The molecule has 16 heavy (non-hydrogen) atoms. The Morgan fingerprint density at radius 1 is 1.81 bits per heavy atom. The number of rotatable bonds is 5. The van der Waals surface area contributed by atoms with E-state index < -0.39 is 4.92 Å². The lowest BCUT2D eigenvalue weighted by Gasteiger charge is -2.03. The van der Waals surface area contributed by atoms with Crippen LogP contribution in [0.1, 0.15) is 5.69 Å². The summed E-state index contributed by atoms with van der Waals surface area (Å²) < 4.78 is 1.29. The molecule has 1 amide bonds. The van der Waals surface area contributed by atoms with Gasteiger partial charge in [0.2, 0.25) is 5.91 Å². The lowest BCUT2D eigenvalue weighted by molar-refractivity contribution is -0.385. The van der Waals surface area contributed by atoms with Crippen LogP contribution in [0.15, 0.2) is 18.9 Å². The van der Waals surface area contributed by atoms with Crippen molar-refractivity contribution in [3.63, 3.8) is 0 Å². The Bertz CT molecular complexity index is 424. The van der Waals surface area contributed by atoms with Crippen molar-refractivity contribution in [1.82, 2.24) is 15.1 Å². The van der Waals surface area contributed by atoms with Gasteiger partial charge in [0.25, 0.3) is 0 Å². The second kappa shape index (κ2) is 5.06. The van der Waals surface area contributed by atoms with Gasteiger partial charge >= 0.3 is 5.69 Å². The topological polar surface area (TPSA) is 90.1 Å². The number of hydrogen-bond acceptors (Lipinski definition) is 4. The smallest absolute Gasteiger partial charge is 0.309 e. The Hall–Kier alpha value is -2.18. The molecule has 0 saturated heterocycles. The summed E-state index contributed by atoms with van der Waals surface area (Å²) in [5, 5.41) is 16.9. The molecule has 1 N–H and O–H groups in total. The van der Waals surface area contributed by atoms with Gasteiger partial charge in [0.15, 0.2) is 0 Å². The number of hydrogen-bond donors (Lipinski definition) is 1. The SMILES string of the molecule is C=CCNC(=O)Cn1ncc([N+](=O)[O-])c1C. The highest BCUT2D eigenvalue weighted by molar-refractivity contribution is 5.75. The first-order valence-corrected chi connectivity index (χ1v) is 4.60. The summed E-state index contributed by atoms with van der Waals surface area (Å²) in [6.07, 6.45) is 2.69.